The highest BCUT2D eigenvalue weighted by molar-refractivity contribution is 7.44. The Balaban J connectivity index is 1.63. The predicted octanol–water partition coefficient (Wildman–Crippen LogP) is 5.08. The Labute approximate surface area is 224 Å². The number of aromatic nitrogens is 2. The third-order valence-electron chi connectivity index (χ3n) is 6.39. The van der Waals surface area contributed by atoms with Gasteiger partial charge in [0.05, 0.1) is 37.1 Å². The molecule has 12 heteroatoms. The molecule has 2 aliphatic rings. The molecule has 11 nitrogen and oxygen atoms in total. The number of methoxy groups -OCH3 is 1. The molecule has 2 unspecified atom stereocenters. The van der Waals surface area contributed by atoms with Crippen molar-refractivity contribution in [3.63, 3.8) is 0 Å². The molecule has 4 rings (SSSR count). The first-order chi connectivity index (χ1) is 18.3. The Morgan fingerprint density at radius 1 is 1.21 bits per heavy atom. The minimum atomic E-state index is -1.54. The maximum Gasteiger partial charge on any atom is 0.351 e. The van der Waals surface area contributed by atoms with Gasteiger partial charge in [0, 0.05) is 19.2 Å². The second kappa shape index (κ2) is 12.5. The molecule has 0 bridgehead atoms. The van der Waals surface area contributed by atoms with Crippen molar-refractivity contribution < 1.29 is 23.3 Å². The van der Waals surface area contributed by atoms with Crippen molar-refractivity contribution in [1.82, 2.24) is 14.2 Å². The molecule has 1 saturated heterocycles. The van der Waals surface area contributed by atoms with Gasteiger partial charge in [0.25, 0.3) is 8.53 Å². The van der Waals surface area contributed by atoms with Gasteiger partial charge in [0.15, 0.2) is 23.5 Å². The second-order valence-electron chi connectivity index (χ2n) is 9.66. The van der Waals surface area contributed by atoms with Crippen LogP contribution in [0.1, 0.15) is 53.7 Å². The van der Waals surface area contributed by atoms with Crippen LogP contribution in [0.4, 0.5) is 11.5 Å². The molecule has 2 aromatic rings. The SMILES string of the molecule is CC[C@H]1O[C@@H](n2cc3c(nc2=O)Nc2ccccc2O3)C(OC)[C@H]1OP(OCCC#N)N(C(C)C)C(C)C. The highest BCUT2D eigenvalue weighted by Crippen LogP contribution is 2.51. The molecule has 0 saturated carbocycles. The normalized spacial score (nSPS) is 23.1. The molecule has 2 aliphatic heterocycles. The quantitative estimate of drug-likeness (QED) is 0.258. The van der Waals surface area contributed by atoms with Gasteiger partial charge >= 0.3 is 5.69 Å². The van der Waals surface area contributed by atoms with E-state index in [1.807, 2.05) is 31.2 Å². The molecule has 1 aromatic heterocycles. The molecule has 0 aliphatic carbocycles. The summed E-state index contributed by atoms with van der Waals surface area (Å²) in [4.78, 5) is 17.4. The van der Waals surface area contributed by atoms with Crippen molar-refractivity contribution in [2.45, 2.75) is 84.1 Å². The molecule has 1 N–H and O–H groups in total. The van der Waals surface area contributed by atoms with E-state index < -0.39 is 32.7 Å². The summed E-state index contributed by atoms with van der Waals surface area (Å²) < 4.78 is 34.6. The highest BCUT2D eigenvalue weighted by atomic mass is 31.2. The monoisotopic (exact) mass is 545 g/mol. The molecule has 1 aromatic carbocycles. The van der Waals surface area contributed by atoms with E-state index in [4.69, 9.17) is 28.5 Å². The highest BCUT2D eigenvalue weighted by Gasteiger charge is 2.49. The van der Waals surface area contributed by atoms with Gasteiger partial charge in [-0.2, -0.15) is 10.2 Å². The number of para-hydroxylation sites is 2. The van der Waals surface area contributed by atoms with Crippen LogP contribution in [0.15, 0.2) is 35.3 Å². The van der Waals surface area contributed by atoms with E-state index in [9.17, 15) is 4.79 Å². The third-order valence-corrected chi connectivity index (χ3v) is 8.51. The first-order valence-corrected chi connectivity index (χ1v) is 14.0. The van der Waals surface area contributed by atoms with E-state index in [-0.39, 0.29) is 31.2 Å². The number of benzene rings is 1. The van der Waals surface area contributed by atoms with Gasteiger partial charge in [-0.25, -0.2) is 9.46 Å². The number of ether oxygens (including phenoxy) is 3. The summed E-state index contributed by atoms with van der Waals surface area (Å²) in [7, 11) is 0.0331. The van der Waals surface area contributed by atoms with E-state index >= 15 is 0 Å². The molecule has 206 valence electrons. The van der Waals surface area contributed by atoms with E-state index in [2.05, 4.69) is 48.7 Å². The minimum absolute atomic E-state index is 0.141. The molecular formula is C26H36N5O6P. The maximum atomic E-state index is 13.2. The van der Waals surface area contributed by atoms with Crippen LogP contribution < -0.4 is 15.7 Å². The smallest absolute Gasteiger partial charge is 0.351 e. The Kier molecular flexibility index (Phi) is 9.36. The standard InChI is InChI=1S/C26H36N5O6P/c1-7-19-22(37-38(34-14-10-13-27)31(16(2)3)17(4)5)23(33-6)25(36-19)30-15-21-24(29-26(30)32)28-18-11-8-9-12-20(18)35-21/h8-9,11-12,15-17,19,22-23,25H,7,10,14H2,1-6H3,(H,28,29,32)/t19-,22+,23?,25-,38?/m1/s1. The van der Waals surface area contributed by atoms with Crippen molar-refractivity contribution in [3.05, 3.63) is 40.9 Å². The summed E-state index contributed by atoms with van der Waals surface area (Å²) in [6, 6.07) is 9.85. The average molecular weight is 546 g/mol. The van der Waals surface area contributed by atoms with Crippen LogP contribution >= 0.6 is 8.53 Å². The van der Waals surface area contributed by atoms with E-state index in [0.717, 1.165) is 5.69 Å². The van der Waals surface area contributed by atoms with Crippen LogP contribution in [0.3, 0.4) is 0 Å². The number of nitrogens with one attached hydrogen (secondary N) is 1. The Bertz CT molecular complexity index is 1190. The van der Waals surface area contributed by atoms with Crippen LogP contribution in [-0.2, 0) is 18.5 Å². The topological polar surface area (TPSA) is 120 Å². The van der Waals surface area contributed by atoms with Crippen molar-refractivity contribution in [2.24, 2.45) is 0 Å². The van der Waals surface area contributed by atoms with Gasteiger partial charge in [-0.3, -0.25) is 4.57 Å². The fourth-order valence-corrected chi connectivity index (χ4v) is 6.51. The van der Waals surface area contributed by atoms with Crippen LogP contribution in [0.2, 0.25) is 0 Å². The van der Waals surface area contributed by atoms with Crippen molar-refractivity contribution in [3.8, 4) is 17.6 Å². The second-order valence-corrected chi connectivity index (χ2v) is 11.1. The van der Waals surface area contributed by atoms with Gasteiger partial charge < -0.3 is 28.6 Å². The zero-order valence-electron chi connectivity index (χ0n) is 22.7. The minimum Gasteiger partial charge on any atom is -0.450 e. The number of nitriles is 1. The van der Waals surface area contributed by atoms with Gasteiger partial charge in [-0.15, -0.1) is 0 Å². The molecule has 5 atom stereocenters. The predicted molar refractivity (Wildman–Crippen MR) is 143 cm³/mol. The van der Waals surface area contributed by atoms with E-state index in [0.29, 0.717) is 23.7 Å². The zero-order chi connectivity index (χ0) is 27.4. The number of hydrogen-bond donors (Lipinski definition) is 1. The first-order valence-electron chi connectivity index (χ1n) is 12.9. The molecular weight excluding hydrogens is 509 g/mol. The number of anilines is 2. The summed E-state index contributed by atoms with van der Waals surface area (Å²) in [5.74, 6) is 1.39. The zero-order valence-corrected chi connectivity index (χ0v) is 23.6. The van der Waals surface area contributed by atoms with Gasteiger partial charge in [0.2, 0.25) is 0 Å². The number of rotatable bonds is 11. The lowest BCUT2D eigenvalue weighted by Crippen LogP contribution is -2.40. The summed E-state index contributed by atoms with van der Waals surface area (Å²) in [5.41, 5.74) is 0.237. The number of hydrogen-bond acceptors (Lipinski definition) is 10. The summed E-state index contributed by atoms with van der Waals surface area (Å²) in [5, 5.41) is 12.2. The molecule has 38 heavy (non-hydrogen) atoms. The third kappa shape index (κ3) is 5.86. The van der Waals surface area contributed by atoms with Crippen molar-refractivity contribution in [1.29, 1.82) is 5.26 Å². The summed E-state index contributed by atoms with van der Waals surface area (Å²) in [6.45, 7) is 10.6. The van der Waals surface area contributed by atoms with Crippen molar-refractivity contribution >= 4 is 20.0 Å². The lowest BCUT2D eigenvalue weighted by molar-refractivity contribution is -0.0541. The maximum absolute atomic E-state index is 13.2. The molecule has 1 fully saturated rings. The summed E-state index contributed by atoms with van der Waals surface area (Å²) >= 11 is 0. The average Bonchev–Trinajstić information content (AvgIpc) is 3.23. The van der Waals surface area contributed by atoms with Crippen LogP contribution in [-0.4, -0.2) is 58.3 Å². The lowest BCUT2D eigenvalue weighted by Gasteiger charge is -2.38. The fraction of sp³-hybridized carbons (Fsp3) is 0.577. The van der Waals surface area contributed by atoms with Crippen LogP contribution in [0.5, 0.6) is 11.5 Å². The molecule has 3 heterocycles. The van der Waals surface area contributed by atoms with E-state index in [1.165, 1.54) is 4.57 Å². The number of fused-ring (bicyclic) bond motifs is 2. The van der Waals surface area contributed by atoms with Crippen molar-refractivity contribution in [2.75, 3.05) is 19.0 Å². The fourth-order valence-electron chi connectivity index (χ4n) is 4.74. The van der Waals surface area contributed by atoms with Gasteiger partial charge in [0.1, 0.15) is 12.2 Å². The molecule has 0 amide bonds. The Hall–Kier alpha value is -2.58. The largest absolute Gasteiger partial charge is 0.450 e. The van der Waals surface area contributed by atoms with Gasteiger partial charge in [-0.1, -0.05) is 19.1 Å². The van der Waals surface area contributed by atoms with Crippen LogP contribution in [0.25, 0.3) is 0 Å². The van der Waals surface area contributed by atoms with Crippen LogP contribution in [0, 0.1) is 11.3 Å². The summed E-state index contributed by atoms with van der Waals surface area (Å²) in [6.07, 6.45) is 0.193. The lowest BCUT2D eigenvalue weighted by atomic mass is 10.1. The number of nitrogens with zero attached hydrogens (tertiary/aromatic N) is 4. The Morgan fingerprint density at radius 3 is 2.61 bits per heavy atom. The van der Waals surface area contributed by atoms with Gasteiger partial charge in [-0.05, 0) is 46.2 Å². The molecule has 0 spiro atoms. The Morgan fingerprint density at radius 2 is 1.95 bits per heavy atom. The van der Waals surface area contributed by atoms with E-state index in [1.54, 1.807) is 13.3 Å². The first kappa shape index (κ1) is 28.4. The molecule has 0 radical (unpaired) electrons.